The van der Waals surface area contributed by atoms with Gasteiger partial charge in [0.05, 0.1) is 0 Å². The molecule has 8 rings (SSSR count). The molecule has 0 aliphatic carbocycles. The van der Waals surface area contributed by atoms with Gasteiger partial charge in [0.2, 0.25) is 0 Å². The summed E-state index contributed by atoms with van der Waals surface area (Å²) < 4.78 is 0. The van der Waals surface area contributed by atoms with Crippen LogP contribution in [0.4, 0.5) is 11.4 Å². The van der Waals surface area contributed by atoms with Crippen LogP contribution in [0.1, 0.15) is 0 Å². The van der Waals surface area contributed by atoms with Gasteiger partial charge in [0.25, 0.3) is 0 Å². The highest BCUT2D eigenvalue weighted by Crippen LogP contribution is 2.47. The van der Waals surface area contributed by atoms with E-state index >= 15 is 0 Å². The summed E-state index contributed by atoms with van der Waals surface area (Å²) in [6, 6.07) is 49.0. The van der Waals surface area contributed by atoms with Crippen molar-refractivity contribution >= 4 is 39.9 Å². The predicted octanol–water partition coefficient (Wildman–Crippen LogP) is 7.41. The Kier molecular flexibility index (Phi) is 4.09. The van der Waals surface area contributed by atoms with Gasteiger partial charge in [0.1, 0.15) is 0 Å². The predicted molar refractivity (Wildman–Crippen MR) is 154 cm³/mol. The van der Waals surface area contributed by atoms with E-state index in [-0.39, 0.29) is 6.85 Å². The second kappa shape index (κ2) is 7.47. The Labute approximate surface area is 211 Å². The van der Waals surface area contributed by atoms with Gasteiger partial charge in [-0.15, -0.1) is 0 Å². The second-order valence-corrected chi connectivity index (χ2v) is 9.76. The Hall–Kier alpha value is -4.56. The minimum Gasteiger partial charge on any atom is -0.376 e. The molecular formula is C34H22BN. The van der Waals surface area contributed by atoms with Gasteiger partial charge in [0.15, 0.2) is 0 Å². The summed E-state index contributed by atoms with van der Waals surface area (Å²) in [5.41, 5.74) is 13.0. The number of hydrogen-bond donors (Lipinski definition) is 0. The molecule has 36 heavy (non-hydrogen) atoms. The van der Waals surface area contributed by atoms with E-state index in [1.54, 1.807) is 0 Å². The number of anilines is 2. The number of benzene rings is 6. The standard InChI is InChI=1S/C34H22BN/c1-2-10-23(11-3-1)26-18-19-32-29(20-26)30-21-24-12-4-5-13-25(24)22-34(30)36-33-17-9-7-15-28(33)27-14-6-8-16-31(27)35(32)36/h1-22H. The Morgan fingerprint density at radius 2 is 1.06 bits per heavy atom. The highest BCUT2D eigenvalue weighted by molar-refractivity contribution is 6.92. The molecule has 0 saturated heterocycles. The van der Waals surface area contributed by atoms with Gasteiger partial charge in [-0.25, -0.2) is 0 Å². The molecule has 1 nitrogen and oxygen atoms in total. The summed E-state index contributed by atoms with van der Waals surface area (Å²) >= 11 is 0. The van der Waals surface area contributed by atoms with Crippen molar-refractivity contribution in [1.82, 2.24) is 0 Å². The number of rotatable bonds is 1. The van der Waals surface area contributed by atoms with Crippen LogP contribution in [0.2, 0.25) is 0 Å². The molecule has 0 unspecified atom stereocenters. The average Bonchev–Trinajstić information content (AvgIpc) is 2.96. The molecule has 0 fully saturated rings. The molecule has 2 aliphatic rings. The molecule has 0 spiro atoms. The van der Waals surface area contributed by atoms with Gasteiger partial charge in [-0.1, -0.05) is 109 Å². The van der Waals surface area contributed by atoms with Crippen molar-refractivity contribution in [2.45, 2.75) is 0 Å². The molecule has 6 aromatic rings. The van der Waals surface area contributed by atoms with Gasteiger partial charge in [-0.3, -0.25) is 0 Å². The summed E-state index contributed by atoms with van der Waals surface area (Å²) in [5.74, 6) is 0. The van der Waals surface area contributed by atoms with Crippen molar-refractivity contribution < 1.29 is 0 Å². The van der Waals surface area contributed by atoms with Crippen LogP contribution in [-0.2, 0) is 0 Å². The maximum absolute atomic E-state index is 2.57. The normalized spacial score (nSPS) is 12.9. The SMILES string of the molecule is c1ccc(-c2ccc3c(c2)-c2cc4ccccc4cc2N2B3c3ccccc3-c3ccccc32)cc1. The van der Waals surface area contributed by atoms with Gasteiger partial charge < -0.3 is 4.81 Å². The van der Waals surface area contributed by atoms with Crippen LogP contribution in [0, 0.1) is 0 Å². The third kappa shape index (κ3) is 2.73. The monoisotopic (exact) mass is 455 g/mol. The zero-order valence-electron chi connectivity index (χ0n) is 19.7. The molecule has 0 atom stereocenters. The minimum atomic E-state index is 0.129. The lowest BCUT2D eigenvalue weighted by Crippen LogP contribution is -2.59. The van der Waals surface area contributed by atoms with Gasteiger partial charge >= 0.3 is 6.85 Å². The Bertz CT molecular complexity index is 1800. The second-order valence-electron chi connectivity index (χ2n) is 9.76. The first kappa shape index (κ1) is 19.7. The summed E-state index contributed by atoms with van der Waals surface area (Å²) in [7, 11) is 0. The molecule has 0 N–H and O–H groups in total. The largest absolute Gasteiger partial charge is 0.376 e. The molecule has 0 bridgehead atoms. The van der Waals surface area contributed by atoms with Gasteiger partial charge in [-0.05, 0) is 68.2 Å². The van der Waals surface area contributed by atoms with Crippen molar-refractivity contribution in [3.63, 3.8) is 0 Å². The quantitative estimate of drug-likeness (QED) is 0.233. The first-order valence-corrected chi connectivity index (χ1v) is 12.6. The molecule has 0 aromatic heterocycles. The van der Waals surface area contributed by atoms with Crippen LogP contribution >= 0.6 is 0 Å². The maximum atomic E-state index is 2.57. The van der Waals surface area contributed by atoms with E-state index in [2.05, 4.69) is 138 Å². The molecule has 2 heterocycles. The van der Waals surface area contributed by atoms with Crippen molar-refractivity contribution in [3.8, 4) is 33.4 Å². The first-order valence-electron chi connectivity index (χ1n) is 12.6. The lowest BCUT2D eigenvalue weighted by molar-refractivity contribution is 1.36. The lowest BCUT2D eigenvalue weighted by Gasteiger charge is -2.43. The van der Waals surface area contributed by atoms with E-state index in [1.807, 2.05) is 0 Å². The lowest BCUT2D eigenvalue weighted by atomic mass is 9.43. The van der Waals surface area contributed by atoms with E-state index in [1.165, 1.54) is 66.5 Å². The fraction of sp³-hybridized carbons (Fsp3) is 0. The highest BCUT2D eigenvalue weighted by atomic mass is 15.1. The van der Waals surface area contributed by atoms with Crippen molar-refractivity contribution in [3.05, 3.63) is 133 Å². The molecular weight excluding hydrogens is 433 g/mol. The third-order valence-electron chi connectivity index (χ3n) is 7.84. The Morgan fingerprint density at radius 1 is 0.389 bits per heavy atom. The fourth-order valence-electron chi connectivity index (χ4n) is 6.23. The third-order valence-corrected chi connectivity index (χ3v) is 7.84. The van der Waals surface area contributed by atoms with Crippen LogP contribution in [0.3, 0.4) is 0 Å². The zero-order valence-corrected chi connectivity index (χ0v) is 19.7. The molecule has 2 heteroatoms. The van der Waals surface area contributed by atoms with Crippen LogP contribution in [0.5, 0.6) is 0 Å². The molecule has 2 aliphatic heterocycles. The first-order chi connectivity index (χ1) is 17.9. The van der Waals surface area contributed by atoms with Crippen LogP contribution in [-0.4, -0.2) is 6.85 Å². The van der Waals surface area contributed by atoms with E-state index in [4.69, 9.17) is 0 Å². The van der Waals surface area contributed by atoms with Gasteiger partial charge in [-0.2, -0.15) is 0 Å². The Morgan fingerprint density at radius 3 is 1.92 bits per heavy atom. The van der Waals surface area contributed by atoms with Gasteiger partial charge in [0, 0.05) is 22.5 Å². The zero-order chi connectivity index (χ0) is 23.6. The summed E-state index contributed by atoms with van der Waals surface area (Å²) in [6.45, 7) is 0.129. The summed E-state index contributed by atoms with van der Waals surface area (Å²) in [4.78, 5) is 2.57. The van der Waals surface area contributed by atoms with Crippen LogP contribution in [0.15, 0.2) is 133 Å². The average molecular weight is 455 g/mol. The number of hydrogen-bond acceptors (Lipinski definition) is 1. The topological polar surface area (TPSA) is 3.24 Å². The number of fused-ring (bicyclic) bond motifs is 12. The molecule has 0 amide bonds. The summed E-state index contributed by atoms with van der Waals surface area (Å²) in [6.07, 6.45) is 0. The fourth-order valence-corrected chi connectivity index (χ4v) is 6.23. The smallest absolute Gasteiger partial charge is 0.329 e. The van der Waals surface area contributed by atoms with E-state index in [0.29, 0.717) is 0 Å². The van der Waals surface area contributed by atoms with Crippen LogP contribution in [0.25, 0.3) is 44.2 Å². The number of para-hydroxylation sites is 1. The van der Waals surface area contributed by atoms with E-state index < -0.39 is 0 Å². The maximum Gasteiger partial charge on any atom is 0.329 e. The summed E-state index contributed by atoms with van der Waals surface area (Å²) in [5, 5.41) is 2.55. The highest BCUT2D eigenvalue weighted by Gasteiger charge is 2.42. The molecule has 0 radical (unpaired) electrons. The minimum absolute atomic E-state index is 0.129. The Balaban J connectivity index is 1.48. The molecule has 166 valence electrons. The van der Waals surface area contributed by atoms with Crippen molar-refractivity contribution in [2.75, 3.05) is 4.81 Å². The van der Waals surface area contributed by atoms with E-state index in [9.17, 15) is 0 Å². The van der Waals surface area contributed by atoms with Crippen molar-refractivity contribution in [1.29, 1.82) is 0 Å². The van der Waals surface area contributed by atoms with E-state index in [0.717, 1.165) is 0 Å². The number of nitrogens with zero attached hydrogens (tertiary/aromatic N) is 1. The van der Waals surface area contributed by atoms with Crippen molar-refractivity contribution in [2.24, 2.45) is 0 Å². The van der Waals surface area contributed by atoms with Crippen LogP contribution < -0.4 is 15.7 Å². The molecule has 6 aromatic carbocycles. The molecule has 0 saturated carbocycles.